The van der Waals surface area contributed by atoms with Gasteiger partial charge in [0.05, 0.1) is 25.3 Å². The predicted molar refractivity (Wildman–Crippen MR) is 96.6 cm³/mol. The van der Waals surface area contributed by atoms with Crippen LogP contribution < -0.4 is 0 Å². The van der Waals surface area contributed by atoms with Gasteiger partial charge >= 0.3 is 0 Å². The zero-order chi connectivity index (χ0) is 17.8. The van der Waals surface area contributed by atoms with E-state index in [1.54, 1.807) is 6.26 Å². The van der Waals surface area contributed by atoms with Crippen molar-refractivity contribution in [1.29, 1.82) is 0 Å². The fraction of sp³-hybridized carbons (Fsp3) is 0.737. The lowest BCUT2D eigenvalue weighted by Crippen LogP contribution is -2.56. The van der Waals surface area contributed by atoms with Crippen molar-refractivity contribution in [1.82, 2.24) is 14.7 Å². The quantitative estimate of drug-likeness (QED) is 0.814. The summed E-state index contributed by atoms with van der Waals surface area (Å²) in [6, 6.07) is 2.88. The minimum absolute atomic E-state index is 0.0961. The molecule has 0 spiro atoms. The van der Waals surface area contributed by atoms with E-state index in [1.165, 1.54) is 0 Å². The van der Waals surface area contributed by atoms with Crippen LogP contribution in [-0.2, 0) is 11.3 Å². The highest BCUT2D eigenvalue weighted by Gasteiger charge is 2.30. The van der Waals surface area contributed by atoms with Gasteiger partial charge in [-0.05, 0) is 26.3 Å². The average molecular weight is 349 g/mol. The van der Waals surface area contributed by atoms with Crippen molar-refractivity contribution in [2.24, 2.45) is 0 Å². The molecule has 0 bridgehead atoms. The van der Waals surface area contributed by atoms with Crippen LogP contribution in [0.4, 0.5) is 0 Å². The Kier molecular flexibility index (Phi) is 6.15. The van der Waals surface area contributed by atoms with Crippen LogP contribution in [0, 0.1) is 0 Å². The van der Waals surface area contributed by atoms with E-state index in [2.05, 4.69) is 30.6 Å². The van der Waals surface area contributed by atoms with Gasteiger partial charge in [-0.3, -0.25) is 14.6 Å². The fourth-order valence-corrected chi connectivity index (χ4v) is 3.84. The number of ether oxygens (including phenoxy) is 1. The zero-order valence-electron chi connectivity index (χ0n) is 15.7. The molecule has 0 aromatic carbocycles. The number of hydrogen-bond donors (Lipinski definition) is 0. The summed E-state index contributed by atoms with van der Waals surface area (Å²) in [6.45, 7) is 13.3. The van der Waals surface area contributed by atoms with Crippen LogP contribution in [0.25, 0.3) is 0 Å². The summed E-state index contributed by atoms with van der Waals surface area (Å²) in [6.07, 6.45) is 2.68. The first-order chi connectivity index (χ1) is 12.1. The fourth-order valence-electron chi connectivity index (χ4n) is 3.84. The highest BCUT2D eigenvalue weighted by molar-refractivity contribution is 5.94. The van der Waals surface area contributed by atoms with Crippen molar-refractivity contribution >= 4 is 5.91 Å². The molecule has 0 radical (unpaired) electrons. The minimum Gasteiger partial charge on any atom is -0.467 e. The summed E-state index contributed by atoms with van der Waals surface area (Å²) < 4.78 is 11.0. The lowest BCUT2D eigenvalue weighted by atomic mass is 10.1. The molecule has 3 heterocycles. The molecule has 1 aromatic heterocycles. The smallest absolute Gasteiger partial charge is 0.257 e. The second-order valence-electron chi connectivity index (χ2n) is 7.34. The molecule has 6 nitrogen and oxygen atoms in total. The van der Waals surface area contributed by atoms with Gasteiger partial charge in [-0.25, -0.2) is 0 Å². The molecule has 1 amide bonds. The summed E-state index contributed by atoms with van der Waals surface area (Å²) in [5, 5.41) is 0. The summed E-state index contributed by atoms with van der Waals surface area (Å²) in [4.78, 5) is 19.6. The van der Waals surface area contributed by atoms with Crippen molar-refractivity contribution in [2.75, 3.05) is 45.9 Å². The van der Waals surface area contributed by atoms with E-state index in [9.17, 15) is 4.79 Å². The van der Waals surface area contributed by atoms with Gasteiger partial charge in [0.15, 0.2) is 0 Å². The van der Waals surface area contributed by atoms with Crippen molar-refractivity contribution in [3.63, 3.8) is 0 Å². The molecule has 0 N–H and O–H groups in total. The third-order valence-electron chi connectivity index (χ3n) is 5.33. The van der Waals surface area contributed by atoms with Gasteiger partial charge in [0.1, 0.15) is 12.0 Å². The zero-order valence-corrected chi connectivity index (χ0v) is 15.7. The number of piperazine rings is 1. The number of carbonyl (C=O) groups excluding carboxylic acids is 1. The Balaban J connectivity index is 1.59. The van der Waals surface area contributed by atoms with Crippen LogP contribution in [-0.4, -0.2) is 78.6 Å². The first-order valence-electron chi connectivity index (χ1n) is 9.51. The molecule has 2 saturated heterocycles. The van der Waals surface area contributed by atoms with E-state index >= 15 is 0 Å². The number of hydrogen-bond acceptors (Lipinski definition) is 5. The van der Waals surface area contributed by atoms with Gasteiger partial charge in [-0.15, -0.1) is 0 Å². The molecule has 0 unspecified atom stereocenters. The maximum Gasteiger partial charge on any atom is 0.257 e. The van der Waals surface area contributed by atoms with Crippen molar-refractivity contribution in [3.05, 3.63) is 23.7 Å². The van der Waals surface area contributed by atoms with Gasteiger partial charge < -0.3 is 14.1 Å². The molecule has 1 aromatic rings. The molecule has 140 valence electrons. The van der Waals surface area contributed by atoms with E-state index in [1.807, 2.05) is 11.0 Å². The molecule has 1 atom stereocenters. The topological polar surface area (TPSA) is 49.2 Å². The van der Waals surface area contributed by atoms with E-state index in [0.29, 0.717) is 17.6 Å². The number of nitrogens with zero attached hydrogens (tertiary/aromatic N) is 3. The predicted octanol–water partition coefficient (Wildman–Crippen LogP) is 2.06. The first-order valence-corrected chi connectivity index (χ1v) is 9.51. The highest BCUT2D eigenvalue weighted by atomic mass is 16.5. The summed E-state index contributed by atoms with van der Waals surface area (Å²) in [7, 11) is 0. The Labute approximate surface area is 150 Å². The van der Waals surface area contributed by atoms with Crippen molar-refractivity contribution in [2.45, 2.75) is 45.8 Å². The maximum absolute atomic E-state index is 12.9. The number of furan rings is 1. The van der Waals surface area contributed by atoms with Crippen LogP contribution >= 0.6 is 0 Å². The third kappa shape index (κ3) is 4.43. The van der Waals surface area contributed by atoms with Crippen LogP contribution in [0.15, 0.2) is 16.7 Å². The lowest BCUT2D eigenvalue weighted by Gasteiger charge is -2.43. The highest BCUT2D eigenvalue weighted by Crippen LogP contribution is 2.19. The van der Waals surface area contributed by atoms with E-state index < -0.39 is 0 Å². The Bertz CT molecular complexity index is 566. The van der Waals surface area contributed by atoms with Crippen molar-refractivity contribution < 1.29 is 13.9 Å². The Morgan fingerprint density at radius 2 is 2.00 bits per heavy atom. The monoisotopic (exact) mass is 349 g/mol. The first kappa shape index (κ1) is 18.4. The van der Waals surface area contributed by atoms with Gasteiger partial charge in [0, 0.05) is 44.8 Å². The number of carbonyl (C=O) groups is 1. The molecule has 2 fully saturated rings. The van der Waals surface area contributed by atoms with Crippen LogP contribution in [0.1, 0.15) is 43.3 Å². The Morgan fingerprint density at radius 3 is 2.68 bits per heavy atom. The summed E-state index contributed by atoms with van der Waals surface area (Å²) in [5.41, 5.74) is 0.677. The standard InChI is InChI=1S/C19H31N3O3/c1-4-17-12-21(5-6-22(17)15(2)3)19(23)16-11-18(25-14-16)13-20-7-9-24-10-8-20/h11,14-15,17H,4-10,12-13H2,1-3H3/t17-/m1/s1. The number of amides is 1. The SMILES string of the molecule is CC[C@@H]1CN(C(=O)c2coc(CN3CCOCC3)c2)CCN1C(C)C. The van der Waals surface area contributed by atoms with E-state index in [0.717, 1.165) is 64.7 Å². The molecule has 0 saturated carbocycles. The van der Waals surface area contributed by atoms with E-state index in [4.69, 9.17) is 9.15 Å². The van der Waals surface area contributed by atoms with Gasteiger partial charge in [0.25, 0.3) is 5.91 Å². The largest absolute Gasteiger partial charge is 0.467 e. The summed E-state index contributed by atoms with van der Waals surface area (Å²) in [5.74, 6) is 0.956. The Hall–Kier alpha value is -1.37. The maximum atomic E-state index is 12.9. The Morgan fingerprint density at radius 1 is 1.24 bits per heavy atom. The van der Waals surface area contributed by atoms with Gasteiger partial charge in [-0.1, -0.05) is 6.92 Å². The lowest BCUT2D eigenvalue weighted by molar-refractivity contribution is 0.0313. The molecule has 6 heteroatoms. The third-order valence-corrected chi connectivity index (χ3v) is 5.33. The molecule has 25 heavy (non-hydrogen) atoms. The van der Waals surface area contributed by atoms with Gasteiger partial charge in [0.2, 0.25) is 0 Å². The molecule has 2 aliphatic rings. The summed E-state index contributed by atoms with van der Waals surface area (Å²) >= 11 is 0. The molecule has 3 rings (SSSR count). The second-order valence-corrected chi connectivity index (χ2v) is 7.34. The van der Waals surface area contributed by atoms with Gasteiger partial charge in [-0.2, -0.15) is 0 Å². The minimum atomic E-state index is 0.0961. The van der Waals surface area contributed by atoms with Crippen LogP contribution in [0.5, 0.6) is 0 Å². The van der Waals surface area contributed by atoms with Crippen LogP contribution in [0.3, 0.4) is 0 Å². The second kappa shape index (κ2) is 8.34. The number of morpholine rings is 1. The van der Waals surface area contributed by atoms with E-state index in [-0.39, 0.29) is 5.91 Å². The van der Waals surface area contributed by atoms with Crippen LogP contribution in [0.2, 0.25) is 0 Å². The number of rotatable bonds is 5. The molecular formula is C19H31N3O3. The normalized spacial score (nSPS) is 23.4. The average Bonchev–Trinajstić information content (AvgIpc) is 3.09. The van der Waals surface area contributed by atoms with Crippen molar-refractivity contribution in [3.8, 4) is 0 Å². The molecule has 2 aliphatic heterocycles. The molecule has 0 aliphatic carbocycles. The molecular weight excluding hydrogens is 318 g/mol.